The van der Waals surface area contributed by atoms with Gasteiger partial charge in [0.2, 0.25) is 0 Å². The van der Waals surface area contributed by atoms with Crippen LogP contribution in [0.1, 0.15) is 38.2 Å². The van der Waals surface area contributed by atoms with Gasteiger partial charge < -0.3 is 5.32 Å². The van der Waals surface area contributed by atoms with Crippen LogP contribution in [0.3, 0.4) is 0 Å². The fourth-order valence-corrected chi connectivity index (χ4v) is 3.47. The lowest BCUT2D eigenvalue weighted by atomic mass is 9.84. The highest BCUT2D eigenvalue weighted by Crippen LogP contribution is 2.30. The van der Waals surface area contributed by atoms with Crippen molar-refractivity contribution in [3.63, 3.8) is 0 Å². The Morgan fingerprint density at radius 2 is 2.16 bits per heavy atom. The zero-order valence-electron chi connectivity index (χ0n) is 11.7. The second-order valence-electron chi connectivity index (χ2n) is 5.72. The van der Waals surface area contributed by atoms with Gasteiger partial charge in [-0.3, -0.25) is 4.98 Å². The van der Waals surface area contributed by atoms with E-state index in [-0.39, 0.29) is 0 Å². The number of para-hydroxylation sites is 1. The zero-order chi connectivity index (χ0) is 13.1. The van der Waals surface area contributed by atoms with E-state index in [4.69, 9.17) is 0 Å². The smallest absolute Gasteiger partial charge is 0.0704 e. The Bertz CT molecular complexity index is 551. The van der Waals surface area contributed by atoms with Crippen molar-refractivity contribution in [2.24, 2.45) is 0 Å². The van der Waals surface area contributed by atoms with Crippen LogP contribution in [0.15, 0.2) is 36.5 Å². The molecule has 0 saturated carbocycles. The molecule has 1 aliphatic heterocycles. The number of aromatic nitrogens is 1. The van der Waals surface area contributed by atoms with Crippen LogP contribution in [0.4, 0.5) is 0 Å². The normalized spacial score (nSPS) is 23.0. The number of nitrogens with one attached hydrogen (secondary N) is 1. The number of fused-ring (bicyclic) bond motifs is 1. The molecular formula is C17H22N2. The monoisotopic (exact) mass is 254 g/mol. The van der Waals surface area contributed by atoms with Crippen molar-refractivity contribution >= 4 is 10.9 Å². The van der Waals surface area contributed by atoms with Crippen molar-refractivity contribution in [1.82, 2.24) is 10.3 Å². The summed E-state index contributed by atoms with van der Waals surface area (Å²) in [7, 11) is 0. The average Bonchev–Trinajstić information content (AvgIpc) is 2.88. The SMILES string of the molecule is CCCC1(Cc2ccnc3ccccc23)CCCN1. The van der Waals surface area contributed by atoms with Crippen molar-refractivity contribution in [2.75, 3.05) is 6.54 Å². The molecule has 2 heteroatoms. The van der Waals surface area contributed by atoms with Gasteiger partial charge in [0, 0.05) is 17.1 Å². The minimum Gasteiger partial charge on any atom is -0.311 e. The molecule has 2 aromatic rings. The molecule has 0 amide bonds. The lowest BCUT2D eigenvalue weighted by Crippen LogP contribution is -2.41. The van der Waals surface area contributed by atoms with Crippen LogP contribution in [0.5, 0.6) is 0 Å². The fraction of sp³-hybridized carbons (Fsp3) is 0.471. The Morgan fingerprint density at radius 3 is 2.95 bits per heavy atom. The number of hydrogen-bond donors (Lipinski definition) is 1. The topological polar surface area (TPSA) is 24.9 Å². The summed E-state index contributed by atoms with van der Waals surface area (Å²) < 4.78 is 0. The molecule has 0 bridgehead atoms. The fourth-order valence-electron chi connectivity index (χ4n) is 3.47. The van der Waals surface area contributed by atoms with Gasteiger partial charge in [-0.2, -0.15) is 0 Å². The number of rotatable bonds is 4. The van der Waals surface area contributed by atoms with E-state index in [0.717, 1.165) is 11.9 Å². The number of pyridine rings is 1. The van der Waals surface area contributed by atoms with Crippen LogP contribution < -0.4 is 5.32 Å². The molecule has 100 valence electrons. The highest BCUT2D eigenvalue weighted by molar-refractivity contribution is 5.81. The molecule has 1 atom stereocenters. The van der Waals surface area contributed by atoms with E-state index < -0.39 is 0 Å². The van der Waals surface area contributed by atoms with Gasteiger partial charge in [-0.15, -0.1) is 0 Å². The first-order chi connectivity index (χ1) is 9.33. The molecule has 0 aliphatic carbocycles. The maximum atomic E-state index is 4.46. The van der Waals surface area contributed by atoms with E-state index in [1.807, 2.05) is 6.20 Å². The van der Waals surface area contributed by atoms with E-state index in [9.17, 15) is 0 Å². The van der Waals surface area contributed by atoms with Crippen LogP contribution in [-0.2, 0) is 6.42 Å². The first-order valence-electron chi connectivity index (χ1n) is 7.41. The van der Waals surface area contributed by atoms with Crippen LogP contribution >= 0.6 is 0 Å². The second-order valence-corrected chi connectivity index (χ2v) is 5.72. The van der Waals surface area contributed by atoms with Gasteiger partial charge in [0.15, 0.2) is 0 Å². The third-order valence-electron chi connectivity index (χ3n) is 4.33. The van der Waals surface area contributed by atoms with E-state index in [1.165, 1.54) is 43.2 Å². The summed E-state index contributed by atoms with van der Waals surface area (Å²) >= 11 is 0. The van der Waals surface area contributed by atoms with E-state index in [2.05, 4.69) is 47.6 Å². The minimum atomic E-state index is 0.318. The van der Waals surface area contributed by atoms with Gasteiger partial charge in [0.1, 0.15) is 0 Å². The molecule has 1 aliphatic rings. The molecule has 0 radical (unpaired) electrons. The summed E-state index contributed by atoms with van der Waals surface area (Å²) in [6.07, 6.45) is 8.20. The van der Waals surface area contributed by atoms with Crippen molar-refractivity contribution < 1.29 is 0 Å². The van der Waals surface area contributed by atoms with Crippen LogP contribution in [0.2, 0.25) is 0 Å². The molecule has 1 fully saturated rings. The Hall–Kier alpha value is -1.41. The summed E-state index contributed by atoms with van der Waals surface area (Å²) in [6.45, 7) is 3.45. The van der Waals surface area contributed by atoms with Gasteiger partial charge in [-0.1, -0.05) is 31.5 Å². The summed E-state index contributed by atoms with van der Waals surface area (Å²) in [5.41, 5.74) is 2.87. The Labute approximate surface area is 115 Å². The van der Waals surface area contributed by atoms with E-state index in [1.54, 1.807) is 0 Å². The summed E-state index contributed by atoms with van der Waals surface area (Å²) in [6, 6.07) is 10.7. The third-order valence-corrected chi connectivity index (χ3v) is 4.33. The molecule has 2 nitrogen and oxygen atoms in total. The van der Waals surface area contributed by atoms with Crippen molar-refractivity contribution in [2.45, 2.75) is 44.6 Å². The molecule has 1 saturated heterocycles. The number of hydrogen-bond acceptors (Lipinski definition) is 2. The third kappa shape index (κ3) is 2.50. The van der Waals surface area contributed by atoms with Crippen molar-refractivity contribution in [3.8, 4) is 0 Å². The Balaban J connectivity index is 1.96. The van der Waals surface area contributed by atoms with Crippen LogP contribution in [-0.4, -0.2) is 17.1 Å². The molecule has 1 unspecified atom stereocenters. The number of nitrogens with zero attached hydrogens (tertiary/aromatic N) is 1. The second kappa shape index (κ2) is 5.30. The van der Waals surface area contributed by atoms with Gasteiger partial charge in [0.05, 0.1) is 5.52 Å². The molecule has 19 heavy (non-hydrogen) atoms. The van der Waals surface area contributed by atoms with Crippen LogP contribution in [0.25, 0.3) is 10.9 Å². The quantitative estimate of drug-likeness (QED) is 0.900. The largest absolute Gasteiger partial charge is 0.311 e. The number of benzene rings is 1. The lowest BCUT2D eigenvalue weighted by molar-refractivity contribution is 0.342. The molecule has 1 aromatic heterocycles. The van der Waals surface area contributed by atoms with Crippen molar-refractivity contribution in [1.29, 1.82) is 0 Å². The Kier molecular flexibility index (Phi) is 3.52. The maximum Gasteiger partial charge on any atom is 0.0704 e. The first-order valence-corrected chi connectivity index (χ1v) is 7.41. The Morgan fingerprint density at radius 1 is 1.26 bits per heavy atom. The van der Waals surface area contributed by atoms with Crippen molar-refractivity contribution in [3.05, 3.63) is 42.1 Å². The van der Waals surface area contributed by atoms with Gasteiger partial charge in [0.25, 0.3) is 0 Å². The van der Waals surface area contributed by atoms with E-state index >= 15 is 0 Å². The summed E-state index contributed by atoms with van der Waals surface area (Å²) in [5.74, 6) is 0. The van der Waals surface area contributed by atoms with E-state index in [0.29, 0.717) is 5.54 Å². The minimum absolute atomic E-state index is 0.318. The predicted molar refractivity (Wildman–Crippen MR) is 80.3 cm³/mol. The van der Waals surface area contributed by atoms with Crippen LogP contribution in [0, 0.1) is 0 Å². The van der Waals surface area contributed by atoms with Gasteiger partial charge in [-0.25, -0.2) is 0 Å². The molecule has 2 heterocycles. The van der Waals surface area contributed by atoms with Gasteiger partial charge >= 0.3 is 0 Å². The molecule has 1 aromatic carbocycles. The molecule has 3 rings (SSSR count). The maximum absolute atomic E-state index is 4.46. The standard InChI is InChI=1S/C17H22N2/c1-2-9-17(10-5-11-19-17)13-14-8-12-18-16-7-4-3-6-15(14)16/h3-4,6-8,12,19H,2,5,9-11,13H2,1H3. The zero-order valence-corrected chi connectivity index (χ0v) is 11.7. The highest BCUT2D eigenvalue weighted by Gasteiger charge is 2.32. The average molecular weight is 254 g/mol. The van der Waals surface area contributed by atoms with Gasteiger partial charge in [-0.05, 0) is 49.9 Å². The highest BCUT2D eigenvalue weighted by atomic mass is 15.0. The summed E-state index contributed by atoms with van der Waals surface area (Å²) in [4.78, 5) is 4.46. The molecular weight excluding hydrogens is 232 g/mol. The molecule has 0 spiro atoms. The summed E-state index contributed by atoms with van der Waals surface area (Å²) in [5, 5.41) is 5.08. The lowest BCUT2D eigenvalue weighted by Gasteiger charge is -2.30. The predicted octanol–water partition coefficient (Wildman–Crippen LogP) is 3.70. The first kappa shape index (κ1) is 12.6. The molecule has 1 N–H and O–H groups in total.